The maximum Gasteiger partial charge on any atom is 0.240 e. The predicted molar refractivity (Wildman–Crippen MR) is 94.1 cm³/mol. The number of aliphatic hydroxyl groups excluding tert-OH is 1. The molecule has 1 atom stereocenters. The molecule has 0 radical (unpaired) electrons. The van der Waals surface area contributed by atoms with Crippen LogP contribution in [0, 0.1) is 19.8 Å². The second-order valence-corrected chi connectivity index (χ2v) is 7.47. The number of hydrogen-bond acceptors (Lipinski definition) is 6. The zero-order chi connectivity index (χ0) is 17.7. The zero-order valence-electron chi connectivity index (χ0n) is 14.5. The van der Waals surface area contributed by atoms with Crippen molar-refractivity contribution in [2.24, 2.45) is 5.92 Å². The third-order valence-corrected chi connectivity index (χ3v) is 5.30. The number of carbonyl (C=O) groups is 2. The summed E-state index contributed by atoms with van der Waals surface area (Å²) in [5.74, 6) is -0.159. The fourth-order valence-electron chi connectivity index (χ4n) is 2.86. The number of amides is 2. The molecular formula is C16H26N4O3S. The minimum Gasteiger partial charge on any atom is -0.395 e. The Morgan fingerprint density at radius 2 is 2.21 bits per heavy atom. The Morgan fingerprint density at radius 3 is 2.83 bits per heavy atom. The van der Waals surface area contributed by atoms with Crippen LogP contribution in [0.3, 0.4) is 0 Å². The predicted octanol–water partition coefficient (Wildman–Crippen LogP) is 0.861. The fraction of sp³-hybridized carbons (Fsp3) is 0.688. The van der Waals surface area contributed by atoms with Crippen LogP contribution in [0.15, 0.2) is 0 Å². The van der Waals surface area contributed by atoms with E-state index in [0.717, 1.165) is 30.0 Å². The Labute approximate surface area is 146 Å². The lowest BCUT2D eigenvalue weighted by Gasteiger charge is -2.33. The molecule has 0 saturated carbocycles. The topological polar surface area (TPSA) is 85.8 Å². The summed E-state index contributed by atoms with van der Waals surface area (Å²) in [4.78, 5) is 33.5. The highest BCUT2D eigenvalue weighted by molar-refractivity contribution is 7.15. The number of anilines is 1. The summed E-state index contributed by atoms with van der Waals surface area (Å²) in [7, 11) is 1.71. The number of aromatic nitrogens is 1. The van der Waals surface area contributed by atoms with Gasteiger partial charge in [-0.3, -0.25) is 14.5 Å². The first-order valence-electron chi connectivity index (χ1n) is 8.22. The van der Waals surface area contributed by atoms with Gasteiger partial charge < -0.3 is 15.3 Å². The van der Waals surface area contributed by atoms with Gasteiger partial charge in [0, 0.05) is 25.0 Å². The summed E-state index contributed by atoms with van der Waals surface area (Å²) < 4.78 is 0. The van der Waals surface area contributed by atoms with Crippen molar-refractivity contribution in [3.63, 3.8) is 0 Å². The Morgan fingerprint density at radius 1 is 1.46 bits per heavy atom. The van der Waals surface area contributed by atoms with Crippen molar-refractivity contribution in [3.05, 3.63) is 10.6 Å². The van der Waals surface area contributed by atoms with Crippen molar-refractivity contribution in [3.8, 4) is 0 Å². The molecule has 1 unspecified atom stereocenters. The van der Waals surface area contributed by atoms with Crippen LogP contribution in [0.2, 0.25) is 0 Å². The van der Waals surface area contributed by atoms with Gasteiger partial charge in [-0.15, -0.1) is 11.3 Å². The summed E-state index contributed by atoms with van der Waals surface area (Å²) in [6.45, 7) is 5.88. The number of carbonyl (C=O) groups excluding carboxylic acids is 2. The van der Waals surface area contributed by atoms with Crippen LogP contribution in [0.4, 0.5) is 5.13 Å². The molecule has 1 aliphatic rings. The van der Waals surface area contributed by atoms with Crippen LogP contribution >= 0.6 is 11.3 Å². The SMILES string of the molecule is Cc1nc(NC(=O)CN2CCCC(C(=O)N(C)CCO)C2)sc1C. The minimum atomic E-state index is -0.104. The summed E-state index contributed by atoms with van der Waals surface area (Å²) in [6.07, 6.45) is 1.73. The number of hydrogen-bond donors (Lipinski definition) is 2. The third kappa shape index (κ3) is 4.99. The number of thiazole rings is 1. The molecule has 2 heterocycles. The molecule has 1 saturated heterocycles. The van der Waals surface area contributed by atoms with Gasteiger partial charge in [0.05, 0.1) is 24.8 Å². The van der Waals surface area contributed by atoms with Gasteiger partial charge in [0.25, 0.3) is 0 Å². The molecule has 0 bridgehead atoms. The second-order valence-electron chi connectivity index (χ2n) is 6.27. The molecule has 7 nitrogen and oxygen atoms in total. The molecule has 1 fully saturated rings. The molecule has 0 aliphatic carbocycles. The van der Waals surface area contributed by atoms with Crippen LogP contribution in [-0.2, 0) is 9.59 Å². The highest BCUT2D eigenvalue weighted by atomic mass is 32.1. The van der Waals surface area contributed by atoms with Crippen molar-refractivity contribution in [1.82, 2.24) is 14.8 Å². The van der Waals surface area contributed by atoms with Crippen LogP contribution in [-0.4, -0.2) is 71.5 Å². The van der Waals surface area contributed by atoms with Gasteiger partial charge in [-0.2, -0.15) is 0 Å². The normalized spacial score (nSPS) is 18.4. The molecule has 2 N–H and O–H groups in total. The van der Waals surface area contributed by atoms with Crippen molar-refractivity contribution in [1.29, 1.82) is 0 Å². The Kier molecular flexibility index (Phi) is 6.70. The number of rotatable bonds is 6. The first-order chi connectivity index (χ1) is 11.4. The molecule has 134 valence electrons. The first-order valence-corrected chi connectivity index (χ1v) is 9.04. The Balaban J connectivity index is 1.85. The van der Waals surface area contributed by atoms with Gasteiger partial charge in [0.1, 0.15) is 0 Å². The fourth-order valence-corrected chi connectivity index (χ4v) is 3.69. The number of aryl methyl sites for hydroxylation is 2. The van der Waals surface area contributed by atoms with Crippen LogP contribution in [0.5, 0.6) is 0 Å². The van der Waals surface area contributed by atoms with Crippen molar-refractivity contribution < 1.29 is 14.7 Å². The molecule has 1 aromatic rings. The number of nitrogens with one attached hydrogen (secondary N) is 1. The van der Waals surface area contributed by atoms with E-state index in [1.165, 1.54) is 11.3 Å². The van der Waals surface area contributed by atoms with Crippen LogP contribution < -0.4 is 5.32 Å². The number of piperidine rings is 1. The highest BCUT2D eigenvalue weighted by Crippen LogP contribution is 2.22. The first kappa shape index (κ1) is 18.8. The monoisotopic (exact) mass is 354 g/mol. The maximum absolute atomic E-state index is 12.3. The standard InChI is InChI=1S/C16H26N4O3S/c1-11-12(2)24-16(17-11)18-14(22)10-20-6-4-5-13(9-20)15(23)19(3)7-8-21/h13,21H,4-10H2,1-3H3,(H,17,18,22). The van der Waals surface area contributed by atoms with Gasteiger partial charge in [-0.1, -0.05) is 0 Å². The van der Waals surface area contributed by atoms with Crippen LogP contribution in [0.1, 0.15) is 23.4 Å². The smallest absolute Gasteiger partial charge is 0.240 e. The van der Waals surface area contributed by atoms with E-state index in [1.807, 2.05) is 18.7 Å². The molecule has 2 amide bonds. The van der Waals surface area contributed by atoms with Crippen molar-refractivity contribution >= 4 is 28.3 Å². The summed E-state index contributed by atoms with van der Waals surface area (Å²) in [6, 6.07) is 0. The second kappa shape index (κ2) is 8.55. The quantitative estimate of drug-likeness (QED) is 0.791. The van der Waals surface area contributed by atoms with Gasteiger partial charge in [-0.25, -0.2) is 4.98 Å². The van der Waals surface area contributed by atoms with E-state index in [9.17, 15) is 9.59 Å². The molecular weight excluding hydrogens is 328 g/mol. The van der Waals surface area contributed by atoms with Gasteiger partial charge >= 0.3 is 0 Å². The number of aliphatic hydroxyl groups is 1. The van der Waals surface area contributed by atoms with E-state index < -0.39 is 0 Å². The highest BCUT2D eigenvalue weighted by Gasteiger charge is 2.28. The number of likely N-dealkylation sites (N-methyl/N-ethyl adjacent to an activating group) is 1. The average Bonchev–Trinajstić information content (AvgIpc) is 2.84. The van der Waals surface area contributed by atoms with E-state index in [4.69, 9.17) is 5.11 Å². The molecule has 8 heteroatoms. The van der Waals surface area contributed by atoms with Gasteiger partial charge in [0.15, 0.2) is 5.13 Å². The van der Waals surface area contributed by atoms with Crippen molar-refractivity contribution in [2.75, 3.05) is 45.2 Å². The Bertz CT molecular complexity index is 570. The van der Waals surface area contributed by atoms with E-state index in [0.29, 0.717) is 18.2 Å². The van der Waals surface area contributed by atoms with Gasteiger partial charge in [0.2, 0.25) is 11.8 Å². The molecule has 0 spiro atoms. The minimum absolute atomic E-state index is 0.0340. The summed E-state index contributed by atoms with van der Waals surface area (Å²) >= 11 is 1.47. The van der Waals surface area contributed by atoms with Crippen LogP contribution in [0.25, 0.3) is 0 Å². The zero-order valence-corrected chi connectivity index (χ0v) is 15.4. The average molecular weight is 354 g/mol. The number of nitrogens with zero attached hydrogens (tertiary/aromatic N) is 3. The molecule has 1 aliphatic heterocycles. The molecule has 0 aromatic carbocycles. The van der Waals surface area contributed by atoms with E-state index in [-0.39, 0.29) is 30.9 Å². The summed E-state index contributed by atoms with van der Waals surface area (Å²) in [5, 5.41) is 12.4. The molecule has 24 heavy (non-hydrogen) atoms. The van der Waals surface area contributed by atoms with E-state index >= 15 is 0 Å². The summed E-state index contributed by atoms with van der Waals surface area (Å²) in [5.41, 5.74) is 0.936. The third-order valence-electron chi connectivity index (χ3n) is 4.31. The lowest BCUT2D eigenvalue weighted by atomic mass is 9.96. The number of likely N-dealkylation sites (tertiary alicyclic amines) is 1. The van der Waals surface area contributed by atoms with E-state index in [1.54, 1.807) is 11.9 Å². The van der Waals surface area contributed by atoms with E-state index in [2.05, 4.69) is 10.3 Å². The molecule has 1 aromatic heterocycles. The lowest BCUT2D eigenvalue weighted by molar-refractivity contribution is -0.137. The van der Waals surface area contributed by atoms with Crippen molar-refractivity contribution in [2.45, 2.75) is 26.7 Å². The Hall–Kier alpha value is -1.51. The lowest BCUT2D eigenvalue weighted by Crippen LogP contribution is -2.46. The van der Waals surface area contributed by atoms with Gasteiger partial charge in [-0.05, 0) is 33.2 Å². The molecule has 2 rings (SSSR count). The maximum atomic E-state index is 12.3. The largest absolute Gasteiger partial charge is 0.395 e.